The Bertz CT molecular complexity index is 539. The van der Waals surface area contributed by atoms with E-state index in [0.29, 0.717) is 0 Å². The molecule has 0 N–H and O–H groups in total. The maximum atomic E-state index is 4.27. The maximum Gasteiger partial charge on any atom is 0.113 e. The fraction of sp³-hybridized carbons (Fsp3) is 0.571. The van der Waals surface area contributed by atoms with Crippen molar-refractivity contribution in [2.75, 3.05) is 0 Å². The minimum absolute atomic E-state index is 0.0298. The molecule has 0 atom stereocenters. The molecule has 0 saturated carbocycles. The van der Waals surface area contributed by atoms with E-state index in [2.05, 4.69) is 70.1 Å². The number of rotatable bonds is 0. The highest BCUT2D eigenvalue weighted by molar-refractivity contribution is 5.75. The van der Waals surface area contributed by atoms with Crippen LogP contribution in [0.1, 0.15) is 47.1 Å². The van der Waals surface area contributed by atoms with E-state index < -0.39 is 0 Å². The first kappa shape index (κ1) is 12.1. The smallest absolute Gasteiger partial charge is 0.113 e. The monoisotopic (exact) mass is 231 g/mol. The van der Waals surface area contributed by atoms with Crippen molar-refractivity contribution in [1.29, 1.82) is 0 Å². The Labute approximate surface area is 103 Å². The van der Waals surface area contributed by atoms with Gasteiger partial charge in [0.25, 0.3) is 0 Å². The Kier molecular flexibility index (Phi) is 2.53. The predicted molar refractivity (Wildman–Crippen MR) is 71.2 cm³/mol. The van der Waals surface area contributed by atoms with Crippen molar-refractivity contribution >= 4 is 11.0 Å². The molecule has 0 radical (unpaired) electrons. The Morgan fingerprint density at radius 2 is 1.65 bits per heavy atom. The molecule has 1 aromatic carbocycles. The minimum atomic E-state index is -0.0298. The third-order valence-electron chi connectivity index (χ3n) is 2.95. The van der Waals surface area contributed by atoms with Crippen LogP contribution in [0.3, 0.4) is 0 Å². The van der Waals surface area contributed by atoms with Crippen LogP contribution < -0.4 is 0 Å². The van der Waals surface area contributed by atoms with Gasteiger partial charge >= 0.3 is 0 Å². The summed E-state index contributed by atoms with van der Waals surface area (Å²) in [6.07, 6.45) is 0. The highest BCUT2D eigenvalue weighted by Gasteiger charge is 2.20. The van der Waals surface area contributed by atoms with E-state index in [0.717, 1.165) is 11.0 Å². The zero-order chi connectivity index (χ0) is 12.8. The van der Waals surface area contributed by atoms with Gasteiger partial charge in [0.15, 0.2) is 0 Å². The third-order valence-corrected chi connectivity index (χ3v) is 2.95. The van der Waals surface area contributed by atoms with Gasteiger partial charge in [0.1, 0.15) is 5.52 Å². The number of nitrogens with zero attached hydrogens (tertiary/aromatic N) is 3. The highest BCUT2D eigenvalue weighted by Crippen LogP contribution is 2.26. The Balaban J connectivity index is 2.61. The third kappa shape index (κ3) is 2.19. The number of hydrogen-bond acceptors (Lipinski definition) is 2. The first-order chi connectivity index (χ1) is 7.69. The van der Waals surface area contributed by atoms with Crippen LogP contribution in [0.2, 0.25) is 0 Å². The molecule has 17 heavy (non-hydrogen) atoms. The van der Waals surface area contributed by atoms with Crippen LogP contribution in [-0.2, 0) is 11.0 Å². The van der Waals surface area contributed by atoms with Crippen LogP contribution in [0.4, 0.5) is 0 Å². The summed E-state index contributed by atoms with van der Waals surface area (Å²) in [6, 6.07) is 6.44. The molecule has 0 spiro atoms. The summed E-state index contributed by atoms with van der Waals surface area (Å²) in [5, 5.41) is 8.53. The van der Waals surface area contributed by atoms with Crippen LogP contribution in [0.5, 0.6) is 0 Å². The largest absolute Gasteiger partial charge is 0.239 e. The molecule has 0 bridgehead atoms. The van der Waals surface area contributed by atoms with Gasteiger partial charge in [-0.3, -0.25) is 0 Å². The zero-order valence-corrected chi connectivity index (χ0v) is 11.6. The van der Waals surface area contributed by atoms with E-state index in [1.165, 1.54) is 5.56 Å². The Morgan fingerprint density at radius 1 is 1.00 bits per heavy atom. The van der Waals surface area contributed by atoms with Gasteiger partial charge in [-0.2, -0.15) is 0 Å². The summed E-state index contributed by atoms with van der Waals surface area (Å²) in [5.41, 5.74) is 3.50. The molecule has 1 heterocycles. The molecular weight excluding hydrogens is 210 g/mol. The normalized spacial score (nSPS) is 13.3. The maximum absolute atomic E-state index is 4.27. The van der Waals surface area contributed by atoms with E-state index >= 15 is 0 Å². The molecule has 0 fully saturated rings. The van der Waals surface area contributed by atoms with Crippen molar-refractivity contribution in [1.82, 2.24) is 15.0 Å². The molecule has 2 rings (SSSR count). The summed E-state index contributed by atoms with van der Waals surface area (Å²) in [7, 11) is 0. The van der Waals surface area contributed by atoms with Gasteiger partial charge in [0, 0.05) is 0 Å². The number of fused-ring (bicyclic) bond motifs is 1. The second-order valence-electron chi connectivity index (χ2n) is 6.63. The lowest BCUT2D eigenvalue weighted by Gasteiger charge is -2.21. The van der Waals surface area contributed by atoms with E-state index in [4.69, 9.17) is 0 Å². The molecule has 0 aliphatic rings. The van der Waals surface area contributed by atoms with Gasteiger partial charge in [0.05, 0.1) is 11.1 Å². The topological polar surface area (TPSA) is 30.7 Å². The van der Waals surface area contributed by atoms with Crippen molar-refractivity contribution in [3.8, 4) is 0 Å². The summed E-state index contributed by atoms with van der Waals surface area (Å²) < 4.78 is 1.98. The van der Waals surface area contributed by atoms with Gasteiger partial charge in [-0.25, -0.2) is 4.68 Å². The van der Waals surface area contributed by atoms with Gasteiger partial charge in [0.2, 0.25) is 0 Å². The van der Waals surface area contributed by atoms with E-state index in [9.17, 15) is 0 Å². The van der Waals surface area contributed by atoms with Crippen LogP contribution in [0, 0.1) is 0 Å². The molecule has 0 aliphatic heterocycles. The van der Waals surface area contributed by atoms with Gasteiger partial charge < -0.3 is 0 Å². The molecule has 0 unspecified atom stereocenters. The summed E-state index contributed by atoms with van der Waals surface area (Å²) in [5.74, 6) is 0. The van der Waals surface area contributed by atoms with Crippen molar-refractivity contribution in [2.45, 2.75) is 52.5 Å². The molecule has 0 amide bonds. The molecule has 2 aromatic rings. The van der Waals surface area contributed by atoms with Crippen LogP contribution in [0.15, 0.2) is 18.2 Å². The van der Waals surface area contributed by atoms with Crippen molar-refractivity contribution in [3.63, 3.8) is 0 Å². The lowest BCUT2D eigenvalue weighted by molar-refractivity contribution is 0.358. The van der Waals surface area contributed by atoms with Gasteiger partial charge in [-0.05, 0) is 43.9 Å². The highest BCUT2D eigenvalue weighted by atomic mass is 15.4. The van der Waals surface area contributed by atoms with E-state index in [1.807, 2.05) is 4.68 Å². The number of benzene rings is 1. The molecule has 0 aliphatic carbocycles. The first-order valence-corrected chi connectivity index (χ1v) is 6.06. The fourth-order valence-electron chi connectivity index (χ4n) is 1.89. The van der Waals surface area contributed by atoms with E-state index in [-0.39, 0.29) is 11.0 Å². The number of aromatic nitrogens is 3. The molecule has 3 heteroatoms. The quantitative estimate of drug-likeness (QED) is 0.695. The standard InChI is InChI=1S/C14H21N3/c1-13(2,3)10-7-8-12-11(9-10)15-16-17(12)14(4,5)6/h7-9H,1-6H3. The van der Waals surface area contributed by atoms with Crippen LogP contribution in [0.25, 0.3) is 11.0 Å². The second-order valence-corrected chi connectivity index (χ2v) is 6.63. The van der Waals surface area contributed by atoms with Crippen LogP contribution in [-0.4, -0.2) is 15.0 Å². The van der Waals surface area contributed by atoms with Gasteiger partial charge in [-0.1, -0.05) is 32.1 Å². The predicted octanol–water partition coefficient (Wildman–Crippen LogP) is 3.48. The lowest BCUT2D eigenvalue weighted by atomic mass is 9.87. The van der Waals surface area contributed by atoms with Crippen LogP contribution >= 0.6 is 0 Å². The summed E-state index contributed by atoms with van der Waals surface area (Å²) in [4.78, 5) is 0. The molecular formula is C14H21N3. The van der Waals surface area contributed by atoms with Crippen molar-refractivity contribution in [3.05, 3.63) is 23.8 Å². The molecule has 3 nitrogen and oxygen atoms in total. The summed E-state index contributed by atoms with van der Waals surface area (Å²) in [6.45, 7) is 13.0. The lowest BCUT2D eigenvalue weighted by Crippen LogP contribution is -2.23. The first-order valence-electron chi connectivity index (χ1n) is 6.06. The molecule has 1 aromatic heterocycles. The van der Waals surface area contributed by atoms with Crippen molar-refractivity contribution in [2.24, 2.45) is 0 Å². The van der Waals surface area contributed by atoms with Crippen molar-refractivity contribution < 1.29 is 0 Å². The zero-order valence-electron chi connectivity index (χ0n) is 11.6. The summed E-state index contributed by atoms with van der Waals surface area (Å²) >= 11 is 0. The minimum Gasteiger partial charge on any atom is -0.239 e. The van der Waals surface area contributed by atoms with Gasteiger partial charge in [-0.15, -0.1) is 5.10 Å². The number of hydrogen-bond donors (Lipinski definition) is 0. The molecule has 0 saturated heterocycles. The Hall–Kier alpha value is -1.38. The Morgan fingerprint density at radius 3 is 2.18 bits per heavy atom. The SMILES string of the molecule is CC(C)(C)c1ccc2c(c1)nnn2C(C)(C)C. The average molecular weight is 231 g/mol. The average Bonchev–Trinajstić information content (AvgIpc) is 2.57. The second kappa shape index (κ2) is 3.56. The van der Waals surface area contributed by atoms with E-state index in [1.54, 1.807) is 0 Å². The molecule has 92 valence electrons. The fourth-order valence-corrected chi connectivity index (χ4v) is 1.89.